The van der Waals surface area contributed by atoms with E-state index in [1.54, 1.807) is 48.5 Å². The lowest BCUT2D eigenvalue weighted by Crippen LogP contribution is -2.56. The number of rotatable bonds is 20. The van der Waals surface area contributed by atoms with Crippen molar-refractivity contribution >= 4 is 35.1 Å². The maximum Gasteiger partial charge on any atom is 0.336 e. The molecule has 0 radical (unpaired) electrons. The normalized spacial score (nSPS) is 11.6. The molecule has 0 spiro atoms. The molecule has 0 fully saturated rings. The summed E-state index contributed by atoms with van der Waals surface area (Å²) in [5.41, 5.74) is -0.971. The van der Waals surface area contributed by atoms with Crippen molar-refractivity contribution in [3.8, 4) is 24.7 Å². The molecule has 0 saturated carbocycles. The lowest BCUT2D eigenvalue weighted by molar-refractivity contribution is -0.147. The van der Waals surface area contributed by atoms with Gasteiger partial charge in [-0.3, -0.25) is 19.2 Å². The van der Waals surface area contributed by atoms with Gasteiger partial charge in [-0.1, -0.05) is 17.9 Å². The number of aliphatic hydroxyl groups is 2. The van der Waals surface area contributed by atoms with E-state index in [1.165, 1.54) is 6.08 Å². The number of terminal acetylenes is 2. The number of hydrogen-bond donors (Lipinski definition) is 4. The zero-order chi connectivity index (χ0) is 39.6. The predicted molar refractivity (Wildman–Crippen MR) is 197 cm³/mol. The molecule has 0 bridgehead atoms. The minimum absolute atomic E-state index is 0.00286. The summed E-state index contributed by atoms with van der Waals surface area (Å²) in [6.07, 6.45) is 8.70. The van der Waals surface area contributed by atoms with Gasteiger partial charge in [-0.05, 0) is 61.4 Å². The first kappa shape index (κ1) is 41.9. The van der Waals surface area contributed by atoms with Gasteiger partial charge in [-0.2, -0.15) is 0 Å². The van der Waals surface area contributed by atoms with Crippen LogP contribution >= 0.6 is 0 Å². The minimum atomic E-state index is -1.56. The van der Waals surface area contributed by atoms with E-state index in [2.05, 4.69) is 29.1 Å². The van der Waals surface area contributed by atoms with E-state index in [0.29, 0.717) is 36.2 Å². The highest BCUT2D eigenvalue weighted by molar-refractivity contribution is 5.91. The van der Waals surface area contributed by atoms with Crippen molar-refractivity contribution in [3.05, 3.63) is 104 Å². The van der Waals surface area contributed by atoms with E-state index < -0.39 is 67.5 Å². The van der Waals surface area contributed by atoms with Gasteiger partial charge < -0.3 is 30.3 Å². The van der Waals surface area contributed by atoms with Crippen LogP contribution in [0, 0.1) is 24.7 Å². The molecule has 2 unspecified atom stereocenters. The molecule has 3 aromatic rings. The number of esters is 2. The molecule has 2 atom stereocenters. The van der Waals surface area contributed by atoms with Crippen LogP contribution in [0.25, 0.3) is 0 Å². The van der Waals surface area contributed by atoms with E-state index in [-0.39, 0.29) is 56.9 Å². The van der Waals surface area contributed by atoms with Crippen LogP contribution in [0.4, 0.5) is 11.4 Å². The molecule has 0 saturated heterocycles. The van der Waals surface area contributed by atoms with E-state index in [1.807, 2.05) is 0 Å². The summed E-state index contributed by atoms with van der Waals surface area (Å²) < 4.78 is 11.8. The summed E-state index contributed by atoms with van der Waals surface area (Å²) in [6.45, 7) is 0.585. The van der Waals surface area contributed by atoms with Gasteiger partial charge in [0.05, 0.1) is 19.6 Å². The minimum Gasteiger partial charge on any atom is -0.463 e. The molecular formula is C38H41N5O11. The van der Waals surface area contributed by atoms with Crippen molar-refractivity contribution in [2.75, 3.05) is 23.8 Å². The Morgan fingerprint density at radius 1 is 0.667 bits per heavy atom. The third-order valence-electron chi connectivity index (χ3n) is 7.60. The largest absolute Gasteiger partial charge is 0.463 e. The van der Waals surface area contributed by atoms with Gasteiger partial charge >= 0.3 is 29.0 Å². The van der Waals surface area contributed by atoms with Crippen LogP contribution in [0.5, 0.6) is 0 Å². The fraction of sp³-hybridized carbons (Fsp3) is 0.342. The molecule has 0 aliphatic rings. The SMILES string of the molecule is C#Cc1ccc(NC(=O)CCCC(=O)OCC(O)Cn2c(=O)n(CC=C)c(=O)n(CC(O)COC(=O)CCCC(=O)Nc3ccc(C#C)cc3)c2=O)cc1. The van der Waals surface area contributed by atoms with Gasteiger partial charge in [0, 0.05) is 48.2 Å². The van der Waals surface area contributed by atoms with Crippen LogP contribution in [0.2, 0.25) is 0 Å². The number of hydrogen-bond acceptors (Lipinski definition) is 11. The van der Waals surface area contributed by atoms with Crippen LogP contribution < -0.4 is 27.7 Å². The first-order valence-corrected chi connectivity index (χ1v) is 16.8. The number of carbonyl (C=O) groups is 4. The predicted octanol–water partition coefficient (Wildman–Crippen LogP) is 0.747. The van der Waals surface area contributed by atoms with Crippen LogP contribution in [0.1, 0.15) is 49.7 Å². The van der Waals surface area contributed by atoms with Crippen molar-refractivity contribution < 1.29 is 38.9 Å². The smallest absolute Gasteiger partial charge is 0.336 e. The molecule has 1 aromatic heterocycles. The highest BCUT2D eigenvalue weighted by atomic mass is 16.5. The Morgan fingerprint density at radius 3 is 1.39 bits per heavy atom. The zero-order valence-corrected chi connectivity index (χ0v) is 29.4. The third-order valence-corrected chi connectivity index (χ3v) is 7.60. The molecule has 2 aromatic carbocycles. The van der Waals surface area contributed by atoms with Gasteiger partial charge in [0.2, 0.25) is 11.8 Å². The number of benzene rings is 2. The summed E-state index contributed by atoms with van der Waals surface area (Å²) in [7, 11) is 0. The molecule has 4 N–H and O–H groups in total. The van der Waals surface area contributed by atoms with Crippen LogP contribution in [-0.4, -0.2) is 73.1 Å². The number of allylic oxidation sites excluding steroid dienone is 1. The quantitative estimate of drug-likeness (QED) is 0.0719. The maximum absolute atomic E-state index is 13.2. The average Bonchev–Trinajstić information content (AvgIpc) is 3.15. The molecule has 1 heterocycles. The lowest BCUT2D eigenvalue weighted by Gasteiger charge is -2.18. The third kappa shape index (κ3) is 13.2. The second-order valence-corrected chi connectivity index (χ2v) is 11.9. The van der Waals surface area contributed by atoms with Crippen molar-refractivity contribution in [1.82, 2.24) is 13.7 Å². The van der Waals surface area contributed by atoms with Gasteiger partial charge in [0.1, 0.15) is 25.4 Å². The summed E-state index contributed by atoms with van der Waals surface area (Å²) in [4.78, 5) is 88.0. The molecule has 54 heavy (non-hydrogen) atoms. The number of aliphatic hydroxyl groups excluding tert-OH is 2. The summed E-state index contributed by atoms with van der Waals surface area (Å²) in [5, 5.41) is 26.4. The molecule has 16 nitrogen and oxygen atoms in total. The Morgan fingerprint density at radius 2 is 1.04 bits per heavy atom. The summed E-state index contributed by atoms with van der Waals surface area (Å²) in [5.74, 6) is 2.77. The Kier molecular flexibility index (Phi) is 16.4. The Bertz CT molecular complexity index is 1930. The highest BCUT2D eigenvalue weighted by Crippen LogP contribution is 2.11. The number of nitrogens with one attached hydrogen (secondary N) is 2. The number of nitrogens with zero attached hydrogens (tertiary/aromatic N) is 3. The average molecular weight is 744 g/mol. The zero-order valence-electron chi connectivity index (χ0n) is 29.4. The molecular weight excluding hydrogens is 702 g/mol. The van der Waals surface area contributed by atoms with Crippen LogP contribution in [0.15, 0.2) is 75.6 Å². The molecule has 0 aliphatic carbocycles. The first-order chi connectivity index (χ1) is 25.8. The first-order valence-electron chi connectivity index (χ1n) is 16.8. The highest BCUT2D eigenvalue weighted by Gasteiger charge is 2.21. The van der Waals surface area contributed by atoms with Gasteiger partial charge in [-0.15, -0.1) is 19.4 Å². The van der Waals surface area contributed by atoms with Gasteiger partial charge in [0.25, 0.3) is 0 Å². The Balaban J connectivity index is 1.48. The lowest BCUT2D eigenvalue weighted by atomic mass is 10.2. The fourth-order valence-electron chi connectivity index (χ4n) is 4.86. The number of anilines is 2. The molecule has 2 amide bonds. The van der Waals surface area contributed by atoms with Crippen molar-refractivity contribution in [2.45, 2.75) is 70.4 Å². The monoisotopic (exact) mass is 743 g/mol. The topological polar surface area (TPSA) is 217 Å². The number of amides is 2. The van der Waals surface area contributed by atoms with E-state index >= 15 is 0 Å². The summed E-state index contributed by atoms with van der Waals surface area (Å²) in [6, 6.07) is 13.2. The van der Waals surface area contributed by atoms with Crippen molar-refractivity contribution in [2.24, 2.45) is 0 Å². The van der Waals surface area contributed by atoms with Crippen LogP contribution in [-0.2, 0) is 48.3 Å². The van der Waals surface area contributed by atoms with E-state index in [4.69, 9.17) is 22.3 Å². The van der Waals surface area contributed by atoms with Crippen LogP contribution in [0.3, 0.4) is 0 Å². The number of ether oxygens (including phenoxy) is 2. The van der Waals surface area contributed by atoms with E-state index in [9.17, 15) is 43.8 Å². The Labute approximate surface area is 310 Å². The van der Waals surface area contributed by atoms with Gasteiger partial charge in [-0.25, -0.2) is 28.1 Å². The van der Waals surface area contributed by atoms with Crippen molar-refractivity contribution in [1.29, 1.82) is 0 Å². The second-order valence-electron chi connectivity index (χ2n) is 11.9. The summed E-state index contributed by atoms with van der Waals surface area (Å²) >= 11 is 0. The molecule has 3 rings (SSSR count). The second kappa shape index (κ2) is 21.1. The number of carbonyl (C=O) groups excluding carboxylic acids is 4. The molecule has 16 heteroatoms. The standard InChI is InChI=1S/C38H41N5O11/c1-4-21-41-36(50)42(22-30(44)24-53-34(48)11-7-9-32(46)39-28-17-13-26(5-2)14-18-28)38(52)43(37(41)51)23-31(45)25-54-35(49)12-8-10-33(47)40-29-19-15-27(6-3)16-20-29/h2-4,13-20,30-31,44-45H,1,7-12,21-25H2,(H,39,46)(H,40,47). The van der Waals surface area contributed by atoms with Crippen molar-refractivity contribution in [3.63, 3.8) is 0 Å². The maximum atomic E-state index is 13.2. The Hall–Kier alpha value is -6.49. The van der Waals surface area contributed by atoms with Gasteiger partial charge in [0.15, 0.2) is 0 Å². The number of aromatic nitrogens is 3. The van der Waals surface area contributed by atoms with E-state index in [0.717, 1.165) is 0 Å². The fourth-order valence-corrected chi connectivity index (χ4v) is 4.86. The molecule has 0 aliphatic heterocycles. The molecule has 284 valence electrons.